The monoisotopic (exact) mass is 193 g/mol. The molecule has 0 aliphatic carbocycles. The van der Waals surface area contributed by atoms with Crippen molar-refractivity contribution >= 4 is 21.6 Å². The number of hydrogen-bond acceptors (Lipinski definition) is 1. The van der Waals surface area contributed by atoms with Crippen molar-refractivity contribution in [1.29, 1.82) is 0 Å². The van der Waals surface area contributed by atoms with Gasteiger partial charge in [0.15, 0.2) is 0 Å². The normalized spacial score (nSPS) is 11.8. The van der Waals surface area contributed by atoms with Crippen LogP contribution in [0.1, 0.15) is 30.3 Å². The van der Waals surface area contributed by atoms with Crippen molar-refractivity contribution < 1.29 is 0 Å². The number of rotatable bonds is 1. The first-order valence-corrected chi connectivity index (χ1v) is 5.49. The Balaban J connectivity index is 2.78. The highest BCUT2D eigenvalue weighted by molar-refractivity contribution is 7.19. The highest BCUT2D eigenvalue weighted by atomic mass is 32.1. The van der Waals surface area contributed by atoms with Crippen molar-refractivity contribution in [2.24, 2.45) is 0 Å². The van der Waals surface area contributed by atoms with E-state index in [4.69, 9.17) is 0 Å². The third-order valence-corrected chi connectivity index (χ3v) is 3.74. The van der Waals surface area contributed by atoms with Crippen LogP contribution in [0.4, 0.5) is 0 Å². The van der Waals surface area contributed by atoms with E-state index in [9.17, 15) is 0 Å². The van der Waals surface area contributed by atoms with E-state index in [1.54, 1.807) is 0 Å². The van der Waals surface area contributed by atoms with Crippen molar-refractivity contribution in [1.82, 2.24) is 4.57 Å². The Kier molecular flexibility index (Phi) is 1.95. The van der Waals surface area contributed by atoms with Gasteiger partial charge in [0.1, 0.15) is 0 Å². The second-order valence-corrected chi connectivity index (χ2v) is 5.07. The molecule has 0 fully saturated rings. The number of aryl methyl sites for hydroxylation is 2. The van der Waals surface area contributed by atoms with E-state index in [0.717, 1.165) is 0 Å². The van der Waals surface area contributed by atoms with Crippen LogP contribution in [0.3, 0.4) is 0 Å². The van der Waals surface area contributed by atoms with E-state index in [2.05, 4.69) is 44.5 Å². The molecule has 0 unspecified atom stereocenters. The Bertz CT molecular complexity index is 434. The molecular formula is C11H15NS. The predicted molar refractivity (Wildman–Crippen MR) is 59.7 cm³/mol. The summed E-state index contributed by atoms with van der Waals surface area (Å²) in [4.78, 5) is 1.44. The van der Waals surface area contributed by atoms with Gasteiger partial charge in [-0.15, -0.1) is 11.3 Å². The van der Waals surface area contributed by atoms with Gasteiger partial charge in [0, 0.05) is 17.1 Å². The van der Waals surface area contributed by atoms with Crippen LogP contribution in [0.5, 0.6) is 0 Å². The van der Waals surface area contributed by atoms with Gasteiger partial charge in [-0.3, -0.25) is 0 Å². The van der Waals surface area contributed by atoms with E-state index in [-0.39, 0.29) is 0 Å². The first kappa shape index (κ1) is 8.82. The fraction of sp³-hybridized carbons (Fsp3) is 0.455. The van der Waals surface area contributed by atoms with Gasteiger partial charge in [-0.05, 0) is 39.3 Å². The lowest BCUT2D eigenvalue weighted by molar-refractivity contribution is 0.622. The van der Waals surface area contributed by atoms with Crippen LogP contribution in [0, 0.1) is 13.8 Å². The highest BCUT2D eigenvalue weighted by Crippen LogP contribution is 2.32. The number of aromatic nitrogens is 1. The summed E-state index contributed by atoms with van der Waals surface area (Å²) < 4.78 is 3.78. The summed E-state index contributed by atoms with van der Waals surface area (Å²) in [7, 11) is 0. The van der Waals surface area contributed by atoms with Crippen molar-refractivity contribution in [2.45, 2.75) is 33.7 Å². The Hall–Kier alpha value is -0.760. The summed E-state index contributed by atoms with van der Waals surface area (Å²) >= 11 is 1.90. The Morgan fingerprint density at radius 1 is 1.31 bits per heavy atom. The topological polar surface area (TPSA) is 4.93 Å². The van der Waals surface area contributed by atoms with Crippen molar-refractivity contribution in [3.8, 4) is 0 Å². The molecule has 0 amide bonds. The molecule has 0 aromatic carbocycles. The Labute approximate surface area is 83.0 Å². The average Bonchev–Trinajstić information content (AvgIpc) is 2.55. The second kappa shape index (κ2) is 2.88. The maximum Gasteiger partial charge on any atom is 0.0624 e. The number of thiophene rings is 1. The minimum Gasteiger partial charge on any atom is -0.344 e. The standard InChI is InChI=1S/C11H15NS/c1-7(2)12-6-5-10-11(12)8(3)9(4)13-10/h5-7H,1-4H3. The first-order valence-electron chi connectivity index (χ1n) is 4.67. The molecule has 2 heteroatoms. The predicted octanol–water partition coefficient (Wildman–Crippen LogP) is 3.90. The lowest BCUT2D eigenvalue weighted by atomic mass is 10.2. The van der Waals surface area contributed by atoms with Crippen molar-refractivity contribution in [3.63, 3.8) is 0 Å². The Morgan fingerprint density at radius 3 is 2.62 bits per heavy atom. The molecule has 0 bridgehead atoms. The molecule has 1 nitrogen and oxygen atoms in total. The van der Waals surface area contributed by atoms with Crippen LogP contribution in [-0.4, -0.2) is 4.57 Å². The summed E-state index contributed by atoms with van der Waals surface area (Å²) in [5.74, 6) is 0. The van der Waals surface area contributed by atoms with Gasteiger partial charge in [0.25, 0.3) is 0 Å². The second-order valence-electron chi connectivity index (χ2n) is 3.81. The maximum absolute atomic E-state index is 2.36. The molecule has 0 N–H and O–H groups in total. The molecular weight excluding hydrogens is 178 g/mol. The molecule has 0 aliphatic heterocycles. The van der Waals surface area contributed by atoms with E-state index in [1.165, 1.54) is 20.7 Å². The summed E-state index contributed by atoms with van der Waals surface area (Å²) in [6, 6.07) is 2.78. The lowest BCUT2D eigenvalue weighted by Crippen LogP contribution is -1.98. The molecule has 0 aliphatic rings. The number of fused-ring (bicyclic) bond motifs is 1. The van der Waals surface area contributed by atoms with Crippen molar-refractivity contribution in [2.75, 3.05) is 0 Å². The average molecular weight is 193 g/mol. The SMILES string of the molecule is Cc1sc2ccn(C(C)C)c2c1C. The molecule has 2 aromatic heterocycles. The van der Waals surface area contributed by atoms with Gasteiger partial charge in [-0.2, -0.15) is 0 Å². The van der Waals surface area contributed by atoms with E-state index in [1.807, 2.05) is 11.3 Å². The molecule has 70 valence electrons. The minimum absolute atomic E-state index is 0.560. The maximum atomic E-state index is 2.36. The van der Waals surface area contributed by atoms with Crippen LogP contribution in [-0.2, 0) is 0 Å². The van der Waals surface area contributed by atoms with Crippen LogP contribution >= 0.6 is 11.3 Å². The van der Waals surface area contributed by atoms with E-state index < -0.39 is 0 Å². The van der Waals surface area contributed by atoms with Crippen LogP contribution < -0.4 is 0 Å². The number of hydrogen-bond donors (Lipinski definition) is 0. The van der Waals surface area contributed by atoms with Gasteiger partial charge >= 0.3 is 0 Å². The van der Waals surface area contributed by atoms with Crippen LogP contribution in [0.15, 0.2) is 12.3 Å². The fourth-order valence-electron chi connectivity index (χ4n) is 1.73. The molecule has 2 heterocycles. The lowest BCUT2D eigenvalue weighted by Gasteiger charge is -2.08. The summed E-state index contributed by atoms with van der Waals surface area (Å²) in [6.45, 7) is 8.87. The third kappa shape index (κ3) is 1.20. The molecule has 0 atom stereocenters. The van der Waals surface area contributed by atoms with Gasteiger partial charge in [-0.25, -0.2) is 0 Å². The molecule has 0 saturated heterocycles. The Morgan fingerprint density at radius 2 is 2.00 bits per heavy atom. The summed E-state index contributed by atoms with van der Waals surface area (Å²) in [5, 5.41) is 0. The largest absolute Gasteiger partial charge is 0.344 e. The summed E-state index contributed by atoms with van der Waals surface area (Å²) in [5.41, 5.74) is 2.87. The zero-order valence-corrected chi connectivity index (χ0v) is 9.40. The van der Waals surface area contributed by atoms with Gasteiger partial charge in [0.2, 0.25) is 0 Å². The minimum atomic E-state index is 0.560. The quantitative estimate of drug-likeness (QED) is 0.647. The first-order chi connectivity index (χ1) is 6.11. The third-order valence-electron chi connectivity index (χ3n) is 2.58. The smallest absolute Gasteiger partial charge is 0.0624 e. The van der Waals surface area contributed by atoms with Crippen LogP contribution in [0.2, 0.25) is 0 Å². The fourth-order valence-corrected chi connectivity index (χ4v) is 2.79. The highest BCUT2D eigenvalue weighted by Gasteiger charge is 2.10. The van der Waals surface area contributed by atoms with Gasteiger partial charge in [-0.1, -0.05) is 0 Å². The molecule has 0 saturated carbocycles. The van der Waals surface area contributed by atoms with Crippen LogP contribution in [0.25, 0.3) is 10.2 Å². The van der Waals surface area contributed by atoms with Gasteiger partial charge < -0.3 is 4.57 Å². The zero-order valence-electron chi connectivity index (χ0n) is 8.59. The zero-order chi connectivity index (χ0) is 9.59. The molecule has 0 radical (unpaired) electrons. The summed E-state index contributed by atoms with van der Waals surface area (Å²) in [6.07, 6.45) is 2.19. The van der Waals surface area contributed by atoms with Gasteiger partial charge in [0.05, 0.1) is 10.2 Å². The molecule has 13 heavy (non-hydrogen) atoms. The molecule has 2 aromatic rings. The van der Waals surface area contributed by atoms with E-state index in [0.29, 0.717) is 6.04 Å². The van der Waals surface area contributed by atoms with E-state index >= 15 is 0 Å². The molecule has 2 rings (SSSR count). The number of nitrogens with zero attached hydrogens (tertiary/aromatic N) is 1. The molecule has 0 spiro atoms. The van der Waals surface area contributed by atoms with Crippen molar-refractivity contribution in [3.05, 3.63) is 22.7 Å².